The van der Waals surface area contributed by atoms with Gasteiger partial charge in [0.2, 0.25) is 5.88 Å². The molecule has 1 aromatic heterocycles. The molecule has 0 fully saturated rings. The number of aromatic nitrogens is 1. The largest absolute Gasteiger partial charge is 0.471 e. The Bertz CT molecular complexity index is 529. The van der Waals surface area contributed by atoms with Gasteiger partial charge in [0.15, 0.2) is 0 Å². The quantitative estimate of drug-likeness (QED) is 0.864. The predicted molar refractivity (Wildman–Crippen MR) is 68.0 cm³/mol. The van der Waals surface area contributed by atoms with Crippen LogP contribution >= 0.6 is 0 Å². The summed E-state index contributed by atoms with van der Waals surface area (Å²) in [5.74, 6) is 0.616. The Morgan fingerprint density at radius 1 is 1.18 bits per heavy atom. The second kappa shape index (κ2) is 4.34. The zero-order chi connectivity index (χ0) is 12.5. The van der Waals surface area contributed by atoms with Crippen molar-refractivity contribution in [3.05, 3.63) is 36.0 Å². The van der Waals surface area contributed by atoms with Crippen molar-refractivity contribution >= 4 is 10.8 Å². The van der Waals surface area contributed by atoms with Crippen LogP contribution < -0.4 is 4.74 Å². The van der Waals surface area contributed by atoms with Crippen LogP contribution in [0.5, 0.6) is 5.88 Å². The molecule has 0 aliphatic heterocycles. The van der Waals surface area contributed by atoms with Gasteiger partial charge in [0.25, 0.3) is 0 Å². The summed E-state index contributed by atoms with van der Waals surface area (Å²) >= 11 is 0. The SMILES string of the molecule is CC(C)(C)Oc1ncc(CO)c2ccccc12. The number of hydrogen-bond acceptors (Lipinski definition) is 3. The van der Waals surface area contributed by atoms with E-state index in [2.05, 4.69) is 4.98 Å². The molecule has 0 unspecified atom stereocenters. The van der Waals surface area contributed by atoms with Crippen LogP contribution in [-0.4, -0.2) is 15.7 Å². The average Bonchev–Trinajstić information content (AvgIpc) is 2.28. The molecular weight excluding hydrogens is 214 g/mol. The highest BCUT2D eigenvalue weighted by Crippen LogP contribution is 2.28. The topological polar surface area (TPSA) is 42.4 Å². The van der Waals surface area contributed by atoms with Crippen molar-refractivity contribution in [2.75, 3.05) is 0 Å². The van der Waals surface area contributed by atoms with Crippen LogP contribution in [0.4, 0.5) is 0 Å². The predicted octanol–water partition coefficient (Wildman–Crippen LogP) is 2.90. The van der Waals surface area contributed by atoms with E-state index < -0.39 is 0 Å². The monoisotopic (exact) mass is 231 g/mol. The van der Waals surface area contributed by atoms with Gasteiger partial charge in [-0.25, -0.2) is 4.98 Å². The van der Waals surface area contributed by atoms with Crippen LogP contribution in [0.1, 0.15) is 26.3 Å². The summed E-state index contributed by atoms with van der Waals surface area (Å²) in [5, 5.41) is 11.2. The van der Waals surface area contributed by atoms with Gasteiger partial charge in [-0.2, -0.15) is 0 Å². The second-order valence-electron chi connectivity index (χ2n) is 5.01. The molecule has 17 heavy (non-hydrogen) atoms. The summed E-state index contributed by atoms with van der Waals surface area (Å²) in [6.45, 7) is 5.96. The first-order valence-corrected chi connectivity index (χ1v) is 5.68. The molecule has 0 aliphatic rings. The minimum absolute atomic E-state index is 0.0106. The van der Waals surface area contributed by atoms with Gasteiger partial charge in [-0.05, 0) is 32.2 Å². The Kier molecular flexibility index (Phi) is 3.03. The van der Waals surface area contributed by atoms with Crippen molar-refractivity contribution < 1.29 is 9.84 Å². The van der Waals surface area contributed by atoms with Crippen molar-refractivity contribution in [2.45, 2.75) is 33.0 Å². The van der Waals surface area contributed by atoms with Crippen LogP contribution in [0.15, 0.2) is 30.5 Å². The second-order valence-corrected chi connectivity index (χ2v) is 5.01. The molecular formula is C14H17NO2. The number of rotatable bonds is 2. The molecule has 0 saturated carbocycles. The summed E-state index contributed by atoms with van der Waals surface area (Å²) in [4.78, 5) is 4.28. The lowest BCUT2D eigenvalue weighted by Gasteiger charge is -2.21. The number of aliphatic hydroxyl groups excluding tert-OH is 1. The van der Waals surface area contributed by atoms with Gasteiger partial charge in [0.05, 0.1) is 6.61 Å². The molecule has 0 radical (unpaired) electrons. The first-order valence-electron chi connectivity index (χ1n) is 5.68. The van der Waals surface area contributed by atoms with Gasteiger partial charge in [-0.3, -0.25) is 0 Å². The van der Waals surface area contributed by atoms with E-state index in [9.17, 15) is 5.11 Å². The molecule has 0 amide bonds. The lowest BCUT2D eigenvalue weighted by molar-refractivity contribution is 0.126. The van der Waals surface area contributed by atoms with Crippen LogP contribution in [0.2, 0.25) is 0 Å². The van der Waals surface area contributed by atoms with Crippen molar-refractivity contribution in [2.24, 2.45) is 0 Å². The van der Waals surface area contributed by atoms with Gasteiger partial charge in [0.1, 0.15) is 5.60 Å². The highest BCUT2D eigenvalue weighted by molar-refractivity contribution is 5.89. The highest BCUT2D eigenvalue weighted by Gasteiger charge is 2.15. The Labute approximate surface area is 101 Å². The maximum absolute atomic E-state index is 9.28. The molecule has 0 spiro atoms. The van der Waals surface area contributed by atoms with Gasteiger partial charge < -0.3 is 9.84 Å². The molecule has 0 aliphatic carbocycles. The van der Waals surface area contributed by atoms with E-state index in [1.807, 2.05) is 45.0 Å². The number of nitrogens with zero attached hydrogens (tertiary/aromatic N) is 1. The van der Waals surface area contributed by atoms with E-state index >= 15 is 0 Å². The number of ether oxygens (including phenoxy) is 1. The van der Waals surface area contributed by atoms with E-state index in [1.54, 1.807) is 6.20 Å². The molecule has 3 nitrogen and oxygen atoms in total. The minimum Gasteiger partial charge on any atom is -0.471 e. The van der Waals surface area contributed by atoms with Crippen LogP contribution in [0, 0.1) is 0 Å². The number of fused-ring (bicyclic) bond motifs is 1. The van der Waals surface area contributed by atoms with E-state index in [0.29, 0.717) is 5.88 Å². The maximum Gasteiger partial charge on any atom is 0.221 e. The summed E-state index contributed by atoms with van der Waals surface area (Å²) in [5.41, 5.74) is 0.540. The van der Waals surface area contributed by atoms with Crippen molar-refractivity contribution in [3.63, 3.8) is 0 Å². The Morgan fingerprint density at radius 2 is 1.82 bits per heavy atom. The van der Waals surface area contributed by atoms with E-state index in [0.717, 1.165) is 16.3 Å². The standard InChI is InChI=1S/C14H17NO2/c1-14(2,3)17-13-12-7-5-4-6-11(12)10(9-16)8-15-13/h4-8,16H,9H2,1-3H3. The molecule has 1 N–H and O–H groups in total. The van der Waals surface area contributed by atoms with E-state index in [4.69, 9.17) is 4.74 Å². The van der Waals surface area contributed by atoms with Gasteiger partial charge in [0, 0.05) is 17.1 Å². The summed E-state index contributed by atoms with van der Waals surface area (Å²) in [6.07, 6.45) is 1.67. The number of aliphatic hydroxyl groups is 1. The zero-order valence-corrected chi connectivity index (χ0v) is 10.4. The van der Waals surface area contributed by atoms with Crippen LogP contribution in [0.25, 0.3) is 10.8 Å². The number of benzene rings is 1. The molecule has 1 aromatic carbocycles. The first-order chi connectivity index (χ1) is 8.01. The lowest BCUT2D eigenvalue weighted by Crippen LogP contribution is -2.23. The highest BCUT2D eigenvalue weighted by atomic mass is 16.5. The fourth-order valence-electron chi connectivity index (χ4n) is 1.72. The molecule has 2 aromatic rings. The molecule has 0 saturated heterocycles. The van der Waals surface area contributed by atoms with Crippen molar-refractivity contribution in [1.82, 2.24) is 4.98 Å². The normalized spacial score (nSPS) is 11.8. The molecule has 0 atom stereocenters. The first kappa shape index (κ1) is 11.9. The third kappa shape index (κ3) is 2.56. The molecule has 90 valence electrons. The Morgan fingerprint density at radius 3 is 2.41 bits per heavy atom. The van der Waals surface area contributed by atoms with Crippen LogP contribution in [-0.2, 0) is 6.61 Å². The molecule has 2 rings (SSSR count). The lowest BCUT2D eigenvalue weighted by atomic mass is 10.1. The number of pyridine rings is 1. The third-order valence-electron chi connectivity index (χ3n) is 2.41. The fraction of sp³-hybridized carbons (Fsp3) is 0.357. The third-order valence-corrected chi connectivity index (χ3v) is 2.41. The number of hydrogen-bond donors (Lipinski definition) is 1. The minimum atomic E-state index is -0.281. The van der Waals surface area contributed by atoms with Gasteiger partial charge >= 0.3 is 0 Å². The van der Waals surface area contributed by atoms with Crippen molar-refractivity contribution in [1.29, 1.82) is 0 Å². The average molecular weight is 231 g/mol. The smallest absolute Gasteiger partial charge is 0.221 e. The Balaban J connectivity index is 2.59. The summed E-state index contributed by atoms with van der Waals surface area (Å²) in [6, 6.07) is 7.82. The van der Waals surface area contributed by atoms with Gasteiger partial charge in [-0.15, -0.1) is 0 Å². The Hall–Kier alpha value is -1.61. The maximum atomic E-state index is 9.28. The van der Waals surface area contributed by atoms with E-state index in [-0.39, 0.29) is 12.2 Å². The van der Waals surface area contributed by atoms with E-state index in [1.165, 1.54) is 0 Å². The van der Waals surface area contributed by atoms with Crippen molar-refractivity contribution in [3.8, 4) is 5.88 Å². The summed E-state index contributed by atoms with van der Waals surface area (Å²) < 4.78 is 5.82. The molecule has 0 bridgehead atoms. The van der Waals surface area contributed by atoms with Gasteiger partial charge in [-0.1, -0.05) is 18.2 Å². The molecule has 1 heterocycles. The van der Waals surface area contributed by atoms with Crippen LogP contribution in [0.3, 0.4) is 0 Å². The summed E-state index contributed by atoms with van der Waals surface area (Å²) in [7, 11) is 0. The zero-order valence-electron chi connectivity index (χ0n) is 10.4. The molecule has 3 heteroatoms. The fourth-order valence-corrected chi connectivity index (χ4v) is 1.72.